The summed E-state index contributed by atoms with van der Waals surface area (Å²) in [5.74, 6) is 2.15. The average Bonchev–Trinajstić information content (AvgIpc) is 2.67. The van der Waals surface area contributed by atoms with Crippen molar-refractivity contribution < 1.29 is 19.0 Å². The second-order valence-corrected chi connectivity index (χ2v) is 6.05. The lowest BCUT2D eigenvalue weighted by atomic mass is 10.1. The van der Waals surface area contributed by atoms with E-state index < -0.39 is 6.10 Å². The third kappa shape index (κ3) is 3.07. The van der Waals surface area contributed by atoms with Gasteiger partial charge in [0.2, 0.25) is 0 Å². The molecule has 2 aliphatic rings. The Kier molecular flexibility index (Phi) is 4.09. The molecule has 0 fully saturated rings. The summed E-state index contributed by atoms with van der Waals surface area (Å²) < 4.78 is 17.1. The SMILES string of the molecule is CNC(=O)[C@H]1CN(Cc2ccc3c(c2)OCCO3)c2ccccc2O1. The quantitative estimate of drug-likeness (QED) is 0.926. The lowest BCUT2D eigenvalue weighted by Crippen LogP contribution is -2.47. The fourth-order valence-corrected chi connectivity index (χ4v) is 3.16. The molecule has 130 valence electrons. The summed E-state index contributed by atoms with van der Waals surface area (Å²) in [5.41, 5.74) is 2.08. The van der Waals surface area contributed by atoms with E-state index in [0.29, 0.717) is 26.3 Å². The molecule has 6 nitrogen and oxygen atoms in total. The van der Waals surface area contributed by atoms with Gasteiger partial charge in [-0.2, -0.15) is 0 Å². The summed E-state index contributed by atoms with van der Waals surface area (Å²) >= 11 is 0. The van der Waals surface area contributed by atoms with Gasteiger partial charge in [-0.15, -0.1) is 0 Å². The Morgan fingerprint density at radius 2 is 1.92 bits per heavy atom. The molecule has 0 radical (unpaired) electrons. The van der Waals surface area contributed by atoms with E-state index in [1.165, 1.54) is 0 Å². The molecule has 1 N–H and O–H groups in total. The number of fused-ring (bicyclic) bond motifs is 2. The zero-order chi connectivity index (χ0) is 17.2. The summed E-state index contributed by atoms with van der Waals surface area (Å²) in [7, 11) is 1.62. The van der Waals surface area contributed by atoms with Gasteiger partial charge in [0.15, 0.2) is 17.6 Å². The number of nitrogens with one attached hydrogen (secondary N) is 1. The number of carbonyl (C=O) groups excluding carboxylic acids is 1. The fraction of sp³-hybridized carbons (Fsp3) is 0.316. The number of hydrogen-bond acceptors (Lipinski definition) is 5. The molecule has 2 aromatic rings. The Labute approximate surface area is 146 Å². The van der Waals surface area contributed by atoms with Gasteiger partial charge in [-0.3, -0.25) is 4.79 Å². The highest BCUT2D eigenvalue weighted by Crippen LogP contribution is 2.36. The minimum absolute atomic E-state index is 0.123. The van der Waals surface area contributed by atoms with E-state index in [9.17, 15) is 4.79 Å². The molecule has 0 spiro atoms. The van der Waals surface area contributed by atoms with Gasteiger partial charge in [0, 0.05) is 13.6 Å². The molecule has 0 aromatic heterocycles. The van der Waals surface area contributed by atoms with E-state index in [2.05, 4.69) is 10.2 Å². The Bertz CT molecular complexity index is 793. The standard InChI is InChI=1S/C19H20N2O4/c1-20-19(22)18-12-21(14-4-2-3-5-15(14)25-18)11-13-6-7-16-17(10-13)24-9-8-23-16/h2-7,10,18H,8-9,11-12H2,1H3,(H,20,22)/t18-/m1/s1. The lowest BCUT2D eigenvalue weighted by Gasteiger charge is -2.35. The van der Waals surface area contributed by atoms with Crippen LogP contribution in [0.3, 0.4) is 0 Å². The van der Waals surface area contributed by atoms with Crippen molar-refractivity contribution in [2.45, 2.75) is 12.6 Å². The van der Waals surface area contributed by atoms with Crippen LogP contribution < -0.4 is 24.4 Å². The largest absolute Gasteiger partial charge is 0.486 e. The van der Waals surface area contributed by atoms with Crippen molar-refractivity contribution >= 4 is 11.6 Å². The number of hydrogen-bond donors (Lipinski definition) is 1. The van der Waals surface area contributed by atoms with E-state index in [-0.39, 0.29) is 5.91 Å². The van der Waals surface area contributed by atoms with Crippen LogP contribution >= 0.6 is 0 Å². The number of rotatable bonds is 3. The van der Waals surface area contributed by atoms with Crippen molar-refractivity contribution in [3.8, 4) is 17.2 Å². The third-order valence-corrected chi connectivity index (χ3v) is 4.38. The molecule has 2 heterocycles. The van der Waals surface area contributed by atoms with Crippen molar-refractivity contribution in [3.05, 3.63) is 48.0 Å². The molecule has 0 aliphatic carbocycles. The first kappa shape index (κ1) is 15.6. The molecule has 1 atom stereocenters. The second-order valence-electron chi connectivity index (χ2n) is 6.05. The highest BCUT2D eigenvalue weighted by molar-refractivity contribution is 5.83. The second kappa shape index (κ2) is 6.55. The van der Waals surface area contributed by atoms with Crippen molar-refractivity contribution in [1.29, 1.82) is 0 Å². The Morgan fingerprint density at radius 1 is 1.12 bits per heavy atom. The number of ether oxygens (including phenoxy) is 3. The van der Waals surface area contributed by atoms with Gasteiger partial charge in [0.05, 0.1) is 12.2 Å². The van der Waals surface area contributed by atoms with Crippen LogP contribution in [-0.2, 0) is 11.3 Å². The minimum atomic E-state index is -0.530. The molecule has 0 saturated heterocycles. The van der Waals surface area contributed by atoms with E-state index >= 15 is 0 Å². The first-order valence-electron chi connectivity index (χ1n) is 8.35. The van der Waals surface area contributed by atoms with Gasteiger partial charge in [0.1, 0.15) is 19.0 Å². The number of carbonyl (C=O) groups is 1. The number of benzene rings is 2. The fourth-order valence-electron chi connectivity index (χ4n) is 3.16. The maximum atomic E-state index is 12.1. The normalized spacial score (nSPS) is 18.1. The maximum Gasteiger partial charge on any atom is 0.262 e. The molecular weight excluding hydrogens is 320 g/mol. The third-order valence-electron chi connectivity index (χ3n) is 4.38. The van der Waals surface area contributed by atoms with Crippen LogP contribution in [-0.4, -0.2) is 38.8 Å². The van der Waals surface area contributed by atoms with Crippen LogP contribution in [0, 0.1) is 0 Å². The number of likely N-dealkylation sites (N-methyl/N-ethyl adjacent to an activating group) is 1. The highest BCUT2D eigenvalue weighted by atomic mass is 16.6. The van der Waals surface area contributed by atoms with Crippen LogP contribution in [0.2, 0.25) is 0 Å². The maximum absolute atomic E-state index is 12.1. The first-order chi connectivity index (χ1) is 12.2. The average molecular weight is 340 g/mol. The van der Waals surface area contributed by atoms with Gasteiger partial charge < -0.3 is 24.4 Å². The van der Waals surface area contributed by atoms with Crippen LogP contribution in [0.4, 0.5) is 5.69 Å². The highest BCUT2D eigenvalue weighted by Gasteiger charge is 2.30. The number of amides is 1. The molecule has 4 rings (SSSR count). The summed E-state index contributed by atoms with van der Waals surface area (Å²) in [6.45, 7) is 2.29. The zero-order valence-electron chi connectivity index (χ0n) is 14.0. The minimum Gasteiger partial charge on any atom is -0.486 e. The number of anilines is 1. The Balaban J connectivity index is 1.61. The molecule has 2 aromatic carbocycles. The smallest absolute Gasteiger partial charge is 0.262 e. The van der Waals surface area contributed by atoms with Gasteiger partial charge in [-0.05, 0) is 29.8 Å². The van der Waals surface area contributed by atoms with Crippen LogP contribution in [0.25, 0.3) is 0 Å². The van der Waals surface area contributed by atoms with Gasteiger partial charge in [-0.25, -0.2) is 0 Å². The van der Waals surface area contributed by atoms with Crippen LogP contribution in [0.15, 0.2) is 42.5 Å². The Hall–Kier alpha value is -2.89. The summed E-state index contributed by atoms with van der Waals surface area (Å²) in [5, 5.41) is 2.66. The van der Waals surface area contributed by atoms with Crippen molar-refractivity contribution in [2.75, 3.05) is 31.7 Å². The van der Waals surface area contributed by atoms with Gasteiger partial charge >= 0.3 is 0 Å². The molecule has 6 heteroatoms. The predicted octanol–water partition coefficient (Wildman–Crippen LogP) is 1.97. The van der Waals surface area contributed by atoms with E-state index in [0.717, 1.165) is 28.5 Å². The molecular formula is C19H20N2O4. The Morgan fingerprint density at radius 3 is 2.76 bits per heavy atom. The number of nitrogens with zero attached hydrogens (tertiary/aromatic N) is 1. The van der Waals surface area contributed by atoms with Crippen molar-refractivity contribution in [2.24, 2.45) is 0 Å². The summed E-state index contributed by atoms with van der Waals surface area (Å²) in [6, 6.07) is 13.7. The molecule has 2 aliphatic heterocycles. The molecule has 0 unspecified atom stereocenters. The molecule has 1 amide bonds. The lowest BCUT2D eigenvalue weighted by molar-refractivity contribution is -0.127. The van der Waals surface area contributed by atoms with Gasteiger partial charge in [0.25, 0.3) is 5.91 Å². The van der Waals surface area contributed by atoms with Gasteiger partial charge in [-0.1, -0.05) is 18.2 Å². The monoisotopic (exact) mass is 340 g/mol. The summed E-state index contributed by atoms with van der Waals surface area (Å²) in [4.78, 5) is 14.2. The molecule has 25 heavy (non-hydrogen) atoms. The van der Waals surface area contributed by atoms with Crippen LogP contribution in [0.5, 0.6) is 17.2 Å². The number of para-hydroxylation sites is 2. The predicted molar refractivity (Wildman–Crippen MR) is 93.4 cm³/mol. The molecule has 0 bridgehead atoms. The molecule has 0 saturated carbocycles. The summed E-state index contributed by atoms with van der Waals surface area (Å²) in [6.07, 6.45) is -0.530. The zero-order valence-corrected chi connectivity index (χ0v) is 14.0. The van der Waals surface area contributed by atoms with Crippen molar-refractivity contribution in [1.82, 2.24) is 5.32 Å². The first-order valence-corrected chi connectivity index (χ1v) is 8.35. The van der Waals surface area contributed by atoms with E-state index in [4.69, 9.17) is 14.2 Å². The van der Waals surface area contributed by atoms with E-state index in [1.54, 1.807) is 7.05 Å². The van der Waals surface area contributed by atoms with Crippen molar-refractivity contribution in [3.63, 3.8) is 0 Å². The topological polar surface area (TPSA) is 60.0 Å². The van der Waals surface area contributed by atoms with Crippen LogP contribution in [0.1, 0.15) is 5.56 Å². The van der Waals surface area contributed by atoms with E-state index in [1.807, 2.05) is 42.5 Å².